The highest BCUT2D eigenvalue weighted by Gasteiger charge is 2.10. The molecule has 1 atom stereocenters. The van der Waals surface area contributed by atoms with E-state index in [-0.39, 0.29) is 5.97 Å². The number of hydrogen-bond donors (Lipinski definition) is 0. The summed E-state index contributed by atoms with van der Waals surface area (Å²) in [5.41, 5.74) is 0. The fourth-order valence-electron chi connectivity index (χ4n) is 4.13. The van der Waals surface area contributed by atoms with Crippen LogP contribution in [0.2, 0.25) is 0 Å². The van der Waals surface area contributed by atoms with Crippen LogP contribution in [0.25, 0.3) is 0 Å². The van der Waals surface area contributed by atoms with Gasteiger partial charge in [-0.2, -0.15) is 0 Å². The lowest BCUT2D eigenvalue weighted by atomic mass is 9.92. The van der Waals surface area contributed by atoms with Crippen LogP contribution in [-0.4, -0.2) is 12.6 Å². The summed E-state index contributed by atoms with van der Waals surface area (Å²) < 4.78 is 5.53. The van der Waals surface area contributed by atoms with Crippen LogP contribution in [0.1, 0.15) is 156 Å². The highest BCUT2D eigenvalue weighted by Crippen LogP contribution is 2.21. The van der Waals surface area contributed by atoms with Crippen molar-refractivity contribution >= 4 is 5.97 Å². The van der Waals surface area contributed by atoms with Gasteiger partial charge in [-0.15, -0.1) is 0 Å². The maximum Gasteiger partial charge on any atom is 0.305 e. The van der Waals surface area contributed by atoms with E-state index in [1.54, 1.807) is 0 Å². The van der Waals surface area contributed by atoms with Crippen molar-refractivity contribution in [1.82, 2.24) is 0 Å². The second-order valence-corrected chi connectivity index (χ2v) is 9.15. The van der Waals surface area contributed by atoms with Crippen LogP contribution in [0.3, 0.4) is 0 Å². The van der Waals surface area contributed by atoms with E-state index in [0.717, 1.165) is 18.8 Å². The minimum Gasteiger partial charge on any atom is -0.466 e. The van der Waals surface area contributed by atoms with Gasteiger partial charge in [0.05, 0.1) is 6.61 Å². The van der Waals surface area contributed by atoms with Crippen molar-refractivity contribution in [3.63, 3.8) is 0 Å². The standard InChI is InChI=1S/C27H54O2/c1-4-7-10-12-13-14-15-16-17-18-20-23-27(28)29-25-24-26(21-9-6-3)22-19-11-8-5-2/h26H,4-25H2,1-3H3. The Hall–Kier alpha value is -0.530. The predicted octanol–water partition coefficient (Wildman–Crippen LogP) is 9.40. The summed E-state index contributed by atoms with van der Waals surface area (Å²) in [6.07, 6.45) is 26.8. The van der Waals surface area contributed by atoms with Gasteiger partial charge in [-0.1, -0.05) is 136 Å². The number of rotatable bonds is 23. The molecule has 174 valence electrons. The van der Waals surface area contributed by atoms with E-state index in [0.29, 0.717) is 13.0 Å². The Balaban J connectivity index is 3.55. The lowest BCUT2D eigenvalue weighted by Gasteiger charge is -2.16. The first-order valence-electron chi connectivity index (χ1n) is 13.4. The third kappa shape index (κ3) is 22.0. The third-order valence-corrected chi connectivity index (χ3v) is 6.21. The first kappa shape index (κ1) is 28.5. The maximum absolute atomic E-state index is 12.0. The molecule has 0 radical (unpaired) electrons. The molecule has 29 heavy (non-hydrogen) atoms. The third-order valence-electron chi connectivity index (χ3n) is 6.21. The molecule has 0 bridgehead atoms. The van der Waals surface area contributed by atoms with Gasteiger partial charge in [0.15, 0.2) is 0 Å². The molecule has 0 aliphatic carbocycles. The molecule has 0 aromatic carbocycles. The highest BCUT2D eigenvalue weighted by molar-refractivity contribution is 5.69. The second-order valence-electron chi connectivity index (χ2n) is 9.15. The molecule has 0 spiro atoms. The van der Waals surface area contributed by atoms with Crippen LogP contribution in [0, 0.1) is 5.92 Å². The highest BCUT2D eigenvalue weighted by atomic mass is 16.5. The molecule has 1 unspecified atom stereocenters. The summed E-state index contributed by atoms with van der Waals surface area (Å²) >= 11 is 0. The molecule has 0 heterocycles. The Morgan fingerprint density at radius 1 is 0.552 bits per heavy atom. The molecule has 0 rings (SSSR count). The molecular formula is C27H54O2. The number of carbonyl (C=O) groups excluding carboxylic acids is 1. The molecule has 0 aromatic rings. The van der Waals surface area contributed by atoms with Crippen LogP contribution in [0.5, 0.6) is 0 Å². The zero-order valence-electron chi connectivity index (χ0n) is 20.5. The number of esters is 1. The molecule has 0 saturated carbocycles. The van der Waals surface area contributed by atoms with Crippen molar-refractivity contribution in [3.05, 3.63) is 0 Å². The van der Waals surface area contributed by atoms with Crippen molar-refractivity contribution in [2.75, 3.05) is 6.61 Å². The molecule has 2 nitrogen and oxygen atoms in total. The zero-order chi connectivity index (χ0) is 21.4. The fourth-order valence-corrected chi connectivity index (χ4v) is 4.13. The Labute approximate surface area is 184 Å². The van der Waals surface area contributed by atoms with E-state index in [2.05, 4.69) is 20.8 Å². The van der Waals surface area contributed by atoms with Gasteiger partial charge in [-0.05, 0) is 18.8 Å². The topological polar surface area (TPSA) is 26.3 Å². The summed E-state index contributed by atoms with van der Waals surface area (Å²) in [6.45, 7) is 7.44. The van der Waals surface area contributed by atoms with E-state index in [1.165, 1.54) is 116 Å². The van der Waals surface area contributed by atoms with Gasteiger partial charge in [0.1, 0.15) is 0 Å². The van der Waals surface area contributed by atoms with Crippen molar-refractivity contribution in [2.24, 2.45) is 5.92 Å². The van der Waals surface area contributed by atoms with Gasteiger partial charge in [0, 0.05) is 6.42 Å². The molecule has 0 aliphatic rings. The molecule has 0 aromatic heterocycles. The van der Waals surface area contributed by atoms with Gasteiger partial charge in [0.2, 0.25) is 0 Å². The maximum atomic E-state index is 12.0. The predicted molar refractivity (Wildman–Crippen MR) is 128 cm³/mol. The summed E-state index contributed by atoms with van der Waals surface area (Å²) in [4.78, 5) is 12.0. The van der Waals surface area contributed by atoms with Gasteiger partial charge in [-0.3, -0.25) is 4.79 Å². The lowest BCUT2D eigenvalue weighted by molar-refractivity contribution is -0.144. The normalized spacial score (nSPS) is 12.2. The molecule has 0 saturated heterocycles. The number of hydrogen-bond acceptors (Lipinski definition) is 2. The van der Waals surface area contributed by atoms with Crippen LogP contribution in [-0.2, 0) is 9.53 Å². The van der Waals surface area contributed by atoms with Crippen molar-refractivity contribution in [1.29, 1.82) is 0 Å². The van der Waals surface area contributed by atoms with Crippen molar-refractivity contribution in [2.45, 2.75) is 156 Å². The lowest BCUT2D eigenvalue weighted by Crippen LogP contribution is -2.10. The van der Waals surface area contributed by atoms with Crippen LogP contribution < -0.4 is 0 Å². The van der Waals surface area contributed by atoms with Gasteiger partial charge < -0.3 is 4.74 Å². The number of carbonyl (C=O) groups is 1. The van der Waals surface area contributed by atoms with Crippen molar-refractivity contribution in [3.8, 4) is 0 Å². The Morgan fingerprint density at radius 2 is 1.00 bits per heavy atom. The van der Waals surface area contributed by atoms with E-state index >= 15 is 0 Å². The number of unbranched alkanes of at least 4 members (excludes halogenated alkanes) is 14. The molecule has 2 heteroatoms. The molecule has 0 fully saturated rings. The first-order chi connectivity index (χ1) is 14.2. The largest absolute Gasteiger partial charge is 0.466 e. The molecule has 0 aliphatic heterocycles. The van der Waals surface area contributed by atoms with Gasteiger partial charge >= 0.3 is 5.97 Å². The van der Waals surface area contributed by atoms with Gasteiger partial charge in [0.25, 0.3) is 0 Å². The van der Waals surface area contributed by atoms with E-state index in [1.807, 2.05) is 0 Å². The smallest absolute Gasteiger partial charge is 0.305 e. The average Bonchev–Trinajstić information content (AvgIpc) is 2.72. The minimum absolute atomic E-state index is 0.0288. The zero-order valence-corrected chi connectivity index (χ0v) is 20.5. The average molecular weight is 411 g/mol. The number of ether oxygens (including phenoxy) is 1. The van der Waals surface area contributed by atoms with Crippen LogP contribution in [0.15, 0.2) is 0 Å². The van der Waals surface area contributed by atoms with E-state index < -0.39 is 0 Å². The van der Waals surface area contributed by atoms with Crippen molar-refractivity contribution < 1.29 is 9.53 Å². The second kappa shape index (κ2) is 23.7. The van der Waals surface area contributed by atoms with E-state index in [9.17, 15) is 4.79 Å². The fraction of sp³-hybridized carbons (Fsp3) is 0.963. The molecule has 0 amide bonds. The van der Waals surface area contributed by atoms with Crippen LogP contribution in [0.4, 0.5) is 0 Å². The Bertz CT molecular complexity index is 326. The molecular weight excluding hydrogens is 356 g/mol. The quantitative estimate of drug-likeness (QED) is 0.124. The molecule has 0 N–H and O–H groups in total. The summed E-state index contributed by atoms with van der Waals surface area (Å²) in [5.74, 6) is 0.780. The summed E-state index contributed by atoms with van der Waals surface area (Å²) in [6, 6.07) is 0. The Morgan fingerprint density at radius 3 is 1.55 bits per heavy atom. The Kier molecular flexibility index (Phi) is 23.3. The summed E-state index contributed by atoms with van der Waals surface area (Å²) in [5, 5.41) is 0. The monoisotopic (exact) mass is 410 g/mol. The first-order valence-corrected chi connectivity index (χ1v) is 13.4. The van der Waals surface area contributed by atoms with Crippen LogP contribution >= 0.6 is 0 Å². The SMILES string of the molecule is CCCCCCCCCCCCCC(=O)OCCC(CCCC)CCCCCC. The van der Waals surface area contributed by atoms with Gasteiger partial charge in [-0.25, -0.2) is 0 Å². The minimum atomic E-state index is 0.0288. The van der Waals surface area contributed by atoms with E-state index in [4.69, 9.17) is 4.74 Å². The summed E-state index contributed by atoms with van der Waals surface area (Å²) in [7, 11) is 0.